The zero-order valence-corrected chi connectivity index (χ0v) is 9.20. The summed E-state index contributed by atoms with van der Waals surface area (Å²) < 4.78 is 33.3. The quantitative estimate of drug-likeness (QED) is 0.803. The lowest BCUT2D eigenvalue weighted by atomic mass is 10.1. The molecule has 3 nitrogen and oxygen atoms in total. The third-order valence-corrected chi connectivity index (χ3v) is 3.14. The van der Waals surface area contributed by atoms with Crippen LogP contribution in [0.15, 0.2) is 18.5 Å². The van der Waals surface area contributed by atoms with E-state index in [1.807, 2.05) is 4.57 Å². The van der Waals surface area contributed by atoms with E-state index in [9.17, 15) is 8.78 Å². The van der Waals surface area contributed by atoms with Gasteiger partial charge in [0.05, 0.1) is 24.0 Å². The Morgan fingerprint density at radius 2 is 2.18 bits per heavy atom. The highest BCUT2D eigenvalue weighted by Gasteiger charge is 2.17. The highest BCUT2D eigenvalue weighted by atomic mass is 19.2. The first-order valence-electron chi connectivity index (χ1n) is 5.61. The number of hydrogen-bond donors (Lipinski definition) is 0. The number of ether oxygens (including phenoxy) is 1. The van der Waals surface area contributed by atoms with Crippen molar-refractivity contribution in [3.63, 3.8) is 0 Å². The van der Waals surface area contributed by atoms with Gasteiger partial charge < -0.3 is 9.30 Å². The predicted octanol–water partition coefficient (Wildman–Crippen LogP) is 2.35. The first kappa shape index (κ1) is 10.7. The summed E-state index contributed by atoms with van der Waals surface area (Å²) >= 11 is 0. The minimum absolute atomic E-state index is 0.431. The van der Waals surface area contributed by atoms with E-state index in [2.05, 4.69) is 4.98 Å². The summed E-state index contributed by atoms with van der Waals surface area (Å²) in [7, 11) is 0. The molecule has 1 aromatic carbocycles. The van der Waals surface area contributed by atoms with Gasteiger partial charge in [0.1, 0.15) is 0 Å². The van der Waals surface area contributed by atoms with Crippen LogP contribution in [0.25, 0.3) is 11.0 Å². The van der Waals surface area contributed by atoms with Gasteiger partial charge in [0.15, 0.2) is 11.6 Å². The summed E-state index contributed by atoms with van der Waals surface area (Å²) in [5.41, 5.74) is 1.12. The fraction of sp³-hybridized carbons (Fsp3) is 0.417. The summed E-state index contributed by atoms with van der Waals surface area (Å²) in [6, 6.07) is 2.33. The maximum absolute atomic E-state index is 13.2. The summed E-state index contributed by atoms with van der Waals surface area (Å²) in [6.07, 6.45) is 2.63. The van der Waals surface area contributed by atoms with Gasteiger partial charge in [-0.1, -0.05) is 0 Å². The Morgan fingerprint density at radius 3 is 2.94 bits per heavy atom. The maximum Gasteiger partial charge on any atom is 0.161 e. The van der Waals surface area contributed by atoms with Gasteiger partial charge >= 0.3 is 0 Å². The Morgan fingerprint density at radius 1 is 1.35 bits per heavy atom. The molecule has 0 saturated carbocycles. The molecule has 17 heavy (non-hydrogen) atoms. The lowest BCUT2D eigenvalue weighted by molar-refractivity contribution is 0.182. The second-order valence-corrected chi connectivity index (χ2v) is 4.38. The van der Waals surface area contributed by atoms with E-state index in [0.717, 1.165) is 32.2 Å². The van der Waals surface area contributed by atoms with Gasteiger partial charge in [-0.3, -0.25) is 0 Å². The number of benzene rings is 1. The molecule has 1 aliphatic heterocycles. The van der Waals surface area contributed by atoms with Gasteiger partial charge in [-0.2, -0.15) is 0 Å². The monoisotopic (exact) mass is 238 g/mol. The van der Waals surface area contributed by atoms with Crippen LogP contribution in [0.1, 0.15) is 6.42 Å². The van der Waals surface area contributed by atoms with Crippen LogP contribution in [0.2, 0.25) is 0 Å². The van der Waals surface area contributed by atoms with E-state index >= 15 is 0 Å². The number of hydrogen-bond acceptors (Lipinski definition) is 2. The molecule has 0 aliphatic carbocycles. The van der Waals surface area contributed by atoms with E-state index in [1.165, 1.54) is 6.07 Å². The largest absolute Gasteiger partial charge is 0.381 e. The van der Waals surface area contributed by atoms with Crippen molar-refractivity contribution in [2.45, 2.75) is 13.0 Å². The summed E-state index contributed by atoms with van der Waals surface area (Å²) in [5, 5.41) is 0. The Bertz CT molecular complexity index is 547. The van der Waals surface area contributed by atoms with Crippen molar-refractivity contribution in [3.8, 4) is 0 Å². The minimum atomic E-state index is -0.855. The van der Waals surface area contributed by atoms with E-state index in [4.69, 9.17) is 4.74 Å². The molecular formula is C12H12F2N2O. The average Bonchev–Trinajstić information content (AvgIpc) is 2.92. The van der Waals surface area contributed by atoms with Crippen molar-refractivity contribution in [1.82, 2.24) is 9.55 Å². The van der Waals surface area contributed by atoms with Crippen molar-refractivity contribution in [1.29, 1.82) is 0 Å². The number of rotatable bonds is 2. The topological polar surface area (TPSA) is 27.1 Å². The molecule has 5 heteroatoms. The van der Waals surface area contributed by atoms with Crippen LogP contribution < -0.4 is 0 Å². The molecule has 0 amide bonds. The zero-order chi connectivity index (χ0) is 11.8. The predicted molar refractivity (Wildman–Crippen MR) is 58.6 cm³/mol. The summed E-state index contributed by atoms with van der Waals surface area (Å²) in [5.74, 6) is -1.26. The molecule has 0 spiro atoms. The highest BCUT2D eigenvalue weighted by Crippen LogP contribution is 2.21. The Hall–Kier alpha value is -1.49. The molecule has 1 aliphatic rings. The molecule has 1 aromatic heterocycles. The smallest absolute Gasteiger partial charge is 0.161 e. The number of halogens is 2. The molecule has 2 aromatic rings. The molecule has 1 fully saturated rings. The van der Waals surface area contributed by atoms with Crippen molar-refractivity contribution < 1.29 is 13.5 Å². The summed E-state index contributed by atoms with van der Waals surface area (Å²) in [6.45, 7) is 2.24. The zero-order valence-electron chi connectivity index (χ0n) is 9.20. The fourth-order valence-corrected chi connectivity index (χ4v) is 2.20. The minimum Gasteiger partial charge on any atom is -0.381 e. The van der Waals surface area contributed by atoms with Crippen molar-refractivity contribution in [2.75, 3.05) is 13.2 Å². The van der Waals surface area contributed by atoms with Gasteiger partial charge in [-0.05, 0) is 6.42 Å². The van der Waals surface area contributed by atoms with Crippen LogP contribution in [0.3, 0.4) is 0 Å². The molecule has 1 atom stereocenters. The standard InChI is InChI=1S/C12H12F2N2O/c13-9-3-11-12(4-10(9)14)16(7-15-11)5-8-1-2-17-6-8/h3-4,7-8H,1-2,5-6H2. The van der Waals surface area contributed by atoms with E-state index in [-0.39, 0.29) is 0 Å². The molecule has 3 rings (SSSR count). The third kappa shape index (κ3) is 1.91. The van der Waals surface area contributed by atoms with Gasteiger partial charge in [-0.15, -0.1) is 0 Å². The lowest BCUT2D eigenvalue weighted by Gasteiger charge is -2.09. The lowest BCUT2D eigenvalue weighted by Crippen LogP contribution is -2.09. The van der Waals surface area contributed by atoms with Crippen molar-refractivity contribution >= 4 is 11.0 Å². The van der Waals surface area contributed by atoms with E-state index < -0.39 is 11.6 Å². The summed E-state index contributed by atoms with van der Waals surface area (Å²) in [4.78, 5) is 4.08. The second kappa shape index (κ2) is 4.07. The van der Waals surface area contributed by atoms with Crippen LogP contribution in [-0.4, -0.2) is 22.8 Å². The van der Waals surface area contributed by atoms with Crippen molar-refractivity contribution in [2.24, 2.45) is 5.92 Å². The van der Waals surface area contributed by atoms with Gasteiger partial charge in [0, 0.05) is 31.2 Å². The van der Waals surface area contributed by atoms with E-state index in [1.54, 1.807) is 6.33 Å². The Kier molecular flexibility index (Phi) is 2.55. The molecule has 2 heterocycles. The van der Waals surface area contributed by atoms with Gasteiger partial charge in [0.2, 0.25) is 0 Å². The van der Waals surface area contributed by atoms with Gasteiger partial charge in [0.25, 0.3) is 0 Å². The normalized spacial score (nSPS) is 20.2. The fourth-order valence-electron chi connectivity index (χ4n) is 2.20. The SMILES string of the molecule is Fc1cc2ncn(CC3CCOC3)c2cc1F. The Labute approximate surface area is 97.0 Å². The first-order valence-corrected chi connectivity index (χ1v) is 5.61. The molecule has 1 saturated heterocycles. The van der Waals surface area contributed by atoms with Gasteiger partial charge in [-0.25, -0.2) is 13.8 Å². The maximum atomic E-state index is 13.2. The third-order valence-electron chi connectivity index (χ3n) is 3.14. The van der Waals surface area contributed by atoms with Crippen LogP contribution in [-0.2, 0) is 11.3 Å². The molecule has 0 N–H and O–H groups in total. The van der Waals surface area contributed by atoms with E-state index in [0.29, 0.717) is 17.0 Å². The Balaban J connectivity index is 1.96. The molecule has 90 valence electrons. The van der Waals surface area contributed by atoms with Crippen LogP contribution in [0.5, 0.6) is 0 Å². The van der Waals surface area contributed by atoms with Crippen LogP contribution in [0, 0.1) is 17.6 Å². The number of aromatic nitrogens is 2. The molecule has 0 bridgehead atoms. The second-order valence-electron chi connectivity index (χ2n) is 4.38. The highest BCUT2D eigenvalue weighted by molar-refractivity contribution is 5.75. The van der Waals surface area contributed by atoms with Crippen LogP contribution in [0.4, 0.5) is 8.78 Å². The molecule has 1 unspecified atom stereocenters. The van der Waals surface area contributed by atoms with Crippen molar-refractivity contribution in [3.05, 3.63) is 30.1 Å². The first-order chi connectivity index (χ1) is 8.24. The number of imidazole rings is 1. The number of nitrogens with zero attached hydrogens (tertiary/aromatic N) is 2. The average molecular weight is 238 g/mol. The van der Waals surface area contributed by atoms with Crippen LogP contribution >= 0.6 is 0 Å². The molecular weight excluding hydrogens is 226 g/mol. The molecule has 0 radical (unpaired) electrons. The number of fused-ring (bicyclic) bond motifs is 1.